The minimum atomic E-state index is -1.17. The number of rotatable bonds is 34. The van der Waals surface area contributed by atoms with Crippen molar-refractivity contribution in [2.24, 2.45) is 0 Å². The van der Waals surface area contributed by atoms with Gasteiger partial charge in [0.15, 0.2) is 6.10 Å². The molecule has 6 N–H and O–H groups in total. The minimum Gasteiger partial charge on any atom is -0.460 e. The number of aliphatic hydroxyl groups excluding tert-OH is 6. The Balaban J connectivity index is 4.14. The third-order valence-corrected chi connectivity index (χ3v) is 8.23. The highest BCUT2D eigenvalue weighted by atomic mass is 16.6. The zero-order valence-electron chi connectivity index (χ0n) is 28.1. The van der Waals surface area contributed by atoms with Gasteiger partial charge in [-0.3, -0.25) is 4.79 Å². The SMILES string of the molecule is O=C(CCCCCCCCC(O)CCCCCCO)OC(CCCCCCCC(O)CCCCCCO)C(=O)OCC(O)CO. The van der Waals surface area contributed by atoms with Gasteiger partial charge in [0.25, 0.3) is 0 Å². The first-order valence-corrected chi connectivity index (χ1v) is 18.1. The molecule has 10 nitrogen and oxygen atoms in total. The molecular weight excluding hydrogens is 580 g/mol. The van der Waals surface area contributed by atoms with Crippen molar-refractivity contribution in [2.45, 2.75) is 185 Å². The van der Waals surface area contributed by atoms with Crippen LogP contribution in [-0.2, 0) is 19.1 Å². The summed E-state index contributed by atoms with van der Waals surface area (Å²) in [6.45, 7) is -0.415. The Hall–Kier alpha value is -1.30. The first-order chi connectivity index (χ1) is 21.8. The van der Waals surface area contributed by atoms with E-state index in [2.05, 4.69) is 0 Å². The van der Waals surface area contributed by atoms with Gasteiger partial charge in [0.2, 0.25) is 0 Å². The first-order valence-electron chi connectivity index (χ1n) is 18.1. The number of carbonyl (C=O) groups is 2. The van der Waals surface area contributed by atoms with Crippen molar-refractivity contribution in [3.05, 3.63) is 0 Å². The highest BCUT2D eigenvalue weighted by molar-refractivity contribution is 5.79. The average molecular weight is 649 g/mol. The molecule has 45 heavy (non-hydrogen) atoms. The smallest absolute Gasteiger partial charge is 0.347 e. The minimum absolute atomic E-state index is 0.224. The van der Waals surface area contributed by atoms with Crippen LogP contribution in [0.5, 0.6) is 0 Å². The molecule has 0 saturated heterocycles. The van der Waals surface area contributed by atoms with Gasteiger partial charge in [0.1, 0.15) is 12.7 Å². The van der Waals surface area contributed by atoms with Crippen molar-refractivity contribution in [1.82, 2.24) is 0 Å². The third-order valence-electron chi connectivity index (χ3n) is 8.23. The number of esters is 2. The zero-order chi connectivity index (χ0) is 33.4. The molecule has 0 radical (unpaired) electrons. The van der Waals surface area contributed by atoms with Crippen LogP contribution in [0.2, 0.25) is 0 Å². The van der Waals surface area contributed by atoms with E-state index in [1.54, 1.807) is 0 Å². The maximum Gasteiger partial charge on any atom is 0.347 e. The normalized spacial score (nSPS) is 14.2. The second-order valence-electron chi connectivity index (χ2n) is 12.6. The van der Waals surface area contributed by atoms with Crippen molar-refractivity contribution in [1.29, 1.82) is 0 Å². The molecule has 4 unspecified atom stereocenters. The van der Waals surface area contributed by atoms with E-state index in [1.807, 2.05) is 0 Å². The monoisotopic (exact) mass is 648 g/mol. The summed E-state index contributed by atoms with van der Waals surface area (Å²) in [5.74, 6) is -1.14. The van der Waals surface area contributed by atoms with Crippen LogP contribution >= 0.6 is 0 Å². The van der Waals surface area contributed by atoms with Crippen LogP contribution in [0.3, 0.4) is 0 Å². The lowest BCUT2D eigenvalue weighted by atomic mass is 10.0. The second kappa shape index (κ2) is 32.6. The van der Waals surface area contributed by atoms with E-state index >= 15 is 0 Å². The molecule has 0 heterocycles. The van der Waals surface area contributed by atoms with Gasteiger partial charge in [-0.05, 0) is 57.8 Å². The van der Waals surface area contributed by atoms with Crippen LogP contribution < -0.4 is 0 Å². The number of hydrogen-bond acceptors (Lipinski definition) is 10. The molecule has 0 aliphatic rings. The van der Waals surface area contributed by atoms with Crippen LogP contribution in [0.25, 0.3) is 0 Å². The molecule has 0 bridgehead atoms. The predicted octanol–water partition coefficient (Wildman–Crippen LogP) is 5.25. The van der Waals surface area contributed by atoms with Gasteiger partial charge in [-0.15, -0.1) is 0 Å². The largest absolute Gasteiger partial charge is 0.460 e. The zero-order valence-corrected chi connectivity index (χ0v) is 28.1. The summed E-state index contributed by atoms with van der Waals surface area (Å²) in [7, 11) is 0. The molecule has 0 aliphatic heterocycles. The molecule has 0 amide bonds. The number of unbranched alkanes of at least 4 members (excludes halogenated alkanes) is 15. The van der Waals surface area contributed by atoms with Crippen LogP contribution in [0.4, 0.5) is 0 Å². The molecular formula is C35H68O10. The molecule has 4 atom stereocenters. The molecule has 268 valence electrons. The molecule has 0 aliphatic carbocycles. The summed E-state index contributed by atoms with van der Waals surface area (Å²) in [5.41, 5.74) is 0. The summed E-state index contributed by atoms with van der Waals surface area (Å²) in [6, 6.07) is 0. The van der Waals surface area contributed by atoms with E-state index in [0.29, 0.717) is 19.3 Å². The molecule has 0 rings (SSSR count). The fourth-order valence-corrected chi connectivity index (χ4v) is 5.34. The van der Waals surface area contributed by atoms with Gasteiger partial charge < -0.3 is 40.1 Å². The number of aliphatic hydroxyl groups is 6. The lowest BCUT2D eigenvalue weighted by Gasteiger charge is -2.18. The highest BCUT2D eigenvalue weighted by Gasteiger charge is 2.25. The Morgan fingerprint density at radius 1 is 0.467 bits per heavy atom. The number of hydrogen-bond donors (Lipinski definition) is 6. The van der Waals surface area contributed by atoms with Gasteiger partial charge in [-0.2, -0.15) is 0 Å². The standard InChI is InChI=1S/C35H68O10/c36-26-18-10-8-14-22-30(39)20-12-4-1-2-7-17-25-34(42)45-33(35(43)44-29-32(41)28-38)24-16-6-3-5-13-21-31(40)23-15-9-11-19-27-37/h30-33,36-41H,1-29H2. The summed E-state index contributed by atoms with van der Waals surface area (Å²) in [5, 5.41) is 56.3. The van der Waals surface area contributed by atoms with Crippen LogP contribution in [0.15, 0.2) is 0 Å². The molecule has 10 heteroatoms. The Morgan fingerprint density at radius 2 is 0.844 bits per heavy atom. The predicted molar refractivity (Wildman–Crippen MR) is 176 cm³/mol. The Bertz CT molecular complexity index is 662. The van der Waals surface area contributed by atoms with Crippen molar-refractivity contribution in [3.63, 3.8) is 0 Å². The van der Waals surface area contributed by atoms with E-state index in [1.165, 1.54) is 0 Å². The van der Waals surface area contributed by atoms with Crippen LogP contribution in [0.1, 0.15) is 161 Å². The fourth-order valence-electron chi connectivity index (χ4n) is 5.34. The Kier molecular flexibility index (Phi) is 31.7. The molecule has 0 aromatic rings. The van der Waals surface area contributed by atoms with Crippen LogP contribution in [-0.4, -0.2) is 93.4 Å². The van der Waals surface area contributed by atoms with E-state index in [4.69, 9.17) is 24.8 Å². The molecule has 0 fully saturated rings. The van der Waals surface area contributed by atoms with E-state index in [0.717, 1.165) is 135 Å². The fraction of sp³-hybridized carbons (Fsp3) is 0.943. The quantitative estimate of drug-likeness (QED) is 0.0399. The Labute approximate surface area is 272 Å². The first kappa shape index (κ1) is 43.7. The van der Waals surface area contributed by atoms with Gasteiger partial charge in [0, 0.05) is 19.6 Å². The van der Waals surface area contributed by atoms with Crippen molar-refractivity contribution >= 4 is 11.9 Å². The van der Waals surface area contributed by atoms with Gasteiger partial charge in [-0.1, -0.05) is 96.3 Å². The van der Waals surface area contributed by atoms with Crippen molar-refractivity contribution < 1.29 is 49.7 Å². The maximum absolute atomic E-state index is 12.6. The third kappa shape index (κ3) is 29.8. The van der Waals surface area contributed by atoms with Gasteiger partial charge >= 0.3 is 11.9 Å². The highest BCUT2D eigenvalue weighted by Crippen LogP contribution is 2.17. The molecule has 0 spiro atoms. The maximum atomic E-state index is 12.6. The van der Waals surface area contributed by atoms with Crippen molar-refractivity contribution in [3.8, 4) is 0 Å². The molecule has 0 saturated carbocycles. The summed E-state index contributed by atoms with van der Waals surface area (Å²) >= 11 is 0. The second-order valence-corrected chi connectivity index (χ2v) is 12.6. The van der Waals surface area contributed by atoms with E-state index in [-0.39, 0.29) is 38.4 Å². The van der Waals surface area contributed by atoms with E-state index < -0.39 is 30.8 Å². The Morgan fingerprint density at radius 3 is 1.27 bits per heavy atom. The van der Waals surface area contributed by atoms with Gasteiger partial charge in [0.05, 0.1) is 18.8 Å². The average Bonchev–Trinajstić information content (AvgIpc) is 3.03. The summed E-state index contributed by atoms with van der Waals surface area (Å²) < 4.78 is 10.6. The topological polar surface area (TPSA) is 174 Å². The lowest BCUT2D eigenvalue weighted by Crippen LogP contribution is -2.32. The summed E-state index contributed by atoms with van der Waals surface area (Å²) in [4.78, 5) is 25.0. The van der Waals surface area contributed by atoms with Gasteiger partial charge in [-0.25, -0.2) is 4.79 Å². The molecule has 0 aromatic heterocycles. The lowest BCUT2D eigenvalue weighted by molar-refractivity contribution is -0.170. The number of ether oxygens (including phenoxy) is 2. The van der Waals surface area contributed by atoms with E-state index in [9.17, 15) is 24.9 Å². The van der Waals surface area contributed by atoms with Crippen molar-refractivity contribution in [2.75, 3.05) is 26.4 Å². The summed E-state index contributed by atoms with van der Waals surface area (Å²) in [6.07, 6.45) is 18.8. The number of carbonyl (C=O) groups excluding carboxylic acids is 2. The van der Waals surface area contributed by atoms with Crippen LogP contribution in [0, 0.1) is 0 Å². The molecule has 0 aromatic carbocycles.